The second kappa shape index (κ2) is 4.19. The summed E-state index contributed by atoms with van der Waals surface area (Å²) in [7, 11) is 1.59. The molecular formula is C9H13ClN2O2. The molecule has 1 fully saturated rings. The first-order valence-electron chi connectivity index (χ1n) is 4.67. The molecule has 78 valence electrons. The first-order chi connectivity index (χ1) is 6.83. The Bertz CT molecular complexity index is 308. The lowest BCUT2D eigenvalue weighted by molar-refractivity contribution is 0.0550. The number of hydrogen-bond donors (Lipinski definition) is 0. The molecule has 4 nitrogen and oxygen atoms in total. The van der Waals surface area contributed by atoms with E-state index in [1.54, 1.807) is 18.0 Å². The van der Waals surface area contributed by atoms with E-state index in [0.717, 1.165) is 19.4 Å². The van der Waals surface area contributed by atoms with Crippen molar-refractivity contribution >= 4 is 11.6 Å². The van der Waals surface area contributed by atoms with Crippen LogP contribution < -0.4 is 4.74 Å². The lowest BCUT2D eigenvalue weighted by Gasteiger charge is -2.22. The predicted molar refractivity (Wildman–Crippen MR) is 52.9 cm³/mol. The molecule has 2 rings (SSSR count). The van der Waals surface area contributed by atoms with Gasteiger partial charge in [-0.3, -0.25) is 0 Å². The van der Waals surface area contributed by atoms with Crippen LogP contribution in [-0.2, 0) is 4.74 Å². The molecule has 0 bridgehead atoms. The van der Waals surface area contributed by atoms with Crippen LogP contribution in [0.25, 0.3) is 0 Å². The lowest BCUT2D eigenvalue weighted by atomic mass is 10.1. The summed E-state index contributed by atoms with van der Waals surface area (Å²) in [4.78, 5) is 0. The second-order valence-corrected chi connectivity index (χ2v) is 3.68. The third-order valence-corrected chi connectivity index (χ3v) is 2.77. The van der Waals surface area contributed by atoms with Crippen molar-refractivity contribution in [2.45, 2.75) is 18.9 Å². The van der Waals surface area contributed by atoms with Gasteiger partial charge in [0.05, 0.1) is 26.0 Å². The first kappa shape index (κ1) is 9.80. The molecule has 0 aliphatic carbocycles. The topological polar surface area (TPSA) is 36.3 Å². The van der Waals surface area contributed by atoms with Crippen LogP contribution in [0.3, 0.4) is 0 Å². The van der Waals surface area contributed by atoms with Crippen LogP contribution in [0.1, 0.15) is 18.9 Å². The summed E-state index contributed by atoms with van der Waals surface area (Å²) >= 11 is 6.08. The molecule has 1 aromatic heterocycles. The maximum absolute atomic E-state index is 6.08. The predicted octanol–water partition coefficient (Wildman–Crippen LogP) is 1.90. The van der Waals surface area contributed by atoms with Gasteiger partial charge in [-0.1, -0.05) is 11.6 Å². The van der Waals surface area contributed by atoms with Crippen LogP contribution in [0, 0.1) is 0 Å². The van der Waals surface area contributed by atoms with Gasteiger partial charge in [-0.15, -0.1) is 0 Å². The van der Waals surface area contributed by atoms with E-state index in [-0.39, 0.29) is 6.04 Å². The van der Waals surface area contributed by atoms with E-state index < -0.39 is 0 Å². The highest BCUT2D eigenvalue weighted by Crippen LogP contribution is 2.29. The number of methoxy groups -OCH3 is 1. The Morgan fingerprint density at radius 1 is 1.71 bits per heavy atom. The zero-order valence-corrected chi connectivity index (χ0v) is 8.83. The Morgan fingerprint density at radius 3 is 3.14 bits per heavy atom. The minimum Gasteiger partial charge on any atom is -0.492 e. The number of nitrogens with zero attached hydrogens (tertiary/aromatic N) is 2. The number of ether oxygens (including phenoxy) is 2. The fourth-order valence-electron chi connectivity index (χ4n) is 1.64. The van der Waals surface area contributed by atoms with E-state index in [1.165, 1.54) is 0 Å². The van der Waals surface area contributed by atoms with Crippen molar-refractivity contribution < 1.29 is 9.47 Å². The average Bonchev–Trinajstić information content (AvgIpc) is 2.61. The largest absolute Gasteiger partial charge is 0.492 e. The highest BCUT2D eigenvalue weighted by molar-refractivity contribution is 6.31. The summed E-state index contributed by atoms with van der Waals surface area (Å²) in [5.41, 5.74) is 0. The highest BCUT2D eigenvalue weighted by Gasteiger charge is 2.20. The molecule has 1 aromatic rings. The summed E-state index contributed by atoms with van der Waals surface area (Å²) in [5.74, 6) is 0.622. The third-order valence-electron chi connectivity index (χ3n) is 2.41. The summed E-state index contributed by atoms with van der Waals surface area (Å²) in [6, 6.07) is 0.250. The first-order valence-corrected chi connectivity index (χ1v) is 5.05. The molecule has 0 amide bonds. The van der Waals surface area contributed by atoms with Gasteiger partial charge in [0.15, 0.2) is 10.9 Å². The molecule has 0 saturated carbocycles. The minimum atomic E-state index is 0.250. The van der Waals surface area contributed by atoms with Gasteiger partial charge in [-0.05, 0) is 12.8 Å². The molecule has 1 unspecified atom stereocenters. The van der Waals surface area contributed by atoms with Crippen LogP contribution in [0.15, 0.2) is 6.20 Å². The number of halogens is 1. The molecule has 1 saturated heterocycles. The molecule has 1 aliphatic rings. The van der Waals surface area contributed by atoms with Crippen molar-refractivity contribution in [3.8, 4) is 5.75 Å². The molecule has 0 aromatic carbocycles. The summed E-state index contributed by atoms with van der Waals surface area (Å²) in [6.07, 6.45) is 3.75. The molecule has 1 aliphatic heterocycles. The fourth-order valence-corrected chi connectivity index (χ4v) is 1.95. The minimum absolute atomic E-state index is 0.250. The molecular weight excluding hydrogens is 204 g/mol. The Kier molecular flexibility index (Phi) is 2.93. The van der Waals surface area contributed by atoms with Gasteiger partial charge < -0.3 is 9.47 Å². The van der Waals surface area contributed by atoms with Crippen molar-refractivity contribution in [1.82, 2.24) is 9.78 Å². The van der Waals surface area contributed by atoms with E-state index in [9.17, 15) is 0 Å². The van der Waals surface area contributed by atoms with E-state index in [0.29, 0.717) is 17.5 Å². The SMILES string of the molecule is COc1cnn(C2CCCOC2)c1Cl. The van der Waals surface area contributed by atoms with E-state index in [1.807, 2.05) is 0 Å². The molecule has 2 heterocycles. The van der Waals surface area contributed by atoms with Gasteiger partial charge in [-0.25, -0.2) is 4.68 Å². The quantitative estimate of drug-likeness (QED) is 0.758. The van der Waals surface area contributed by atoms with Crippen LogP contribution in [0.4, 0.5) is 0 Å². The van der Waals surface area contributed by atoms with Crippen molar-refractivity contribution in [3.05, 3.63) is 11.3 Å². The smallest absolute Gasteiger partial charge is 0.175 e. The van der Waals surface area contributed by atoms with Gasteiger partial charge in [-0.2, -0.15) is 5.10 Å². The zero-order valence-electron chi connectivity index (χ0n) is 8.07. The number of rotatable bonds is 2. The maximum Gasteiger partial charge on any atom is 0.175 e. The maximum atomic E-state index is 6.08. The van der Waals surface area contributed by atoms with Gasteiger partial charge in [0, 0.05) is 6.61 Å². The monoisotopic (exact) mass is 216 g/mol. The molecule has 5 heteroatoms. The number of hydrogen-bond acceptors (Lipinski definition) is 3. The Hall–Kier alpha value is -0.740. The van der Waals surface area contributed by atoms with Gasteiger partial charge in [0.2, 0.25) is 0 Å². The van der Waals surface area contributed by atoms with Crippen molar-refractivity contribution in [3.63, 3.8) is 0 Å². The van der Waals surface area contributed by atoms with Crippen molar-refractivity contribution in [2.75, 3.05) is 20.3 Å². The van der Waals surface area contributed by atoms with Gasteiger partial charge in [0.25, 0.3) is 0 Å². The Labute approximate surface area is 87.8 Å². The Morgan fingerprint density at radius 2 is 2.57 bits per heavy atom. The average molecular weight is 217 g/mol. The highest BCUT2D eigenvalue weighted by atomic mass is 35.5. The molecule has 14 heavy (non-hydrogen) atoms. The van der Waals surface area contributed by atoms with Crippen LogP contribution in [0.2, 0.25) is 5.15 Å². The van der Waals surface area contributed by atoms with Crippen LogP contribution >= 0.6 is 11.6 Å². The van der Waals surface area contributed by atoms with Crippen molar-refractivity contribution in [1.29, 1.82) is 0 Å². The molecule has 1 atom stereocenters. The van der Waals surface area contributed by atoms with Crippen LogP contribution in [0.5, 0.6) is 5.75 Å². The van der Waals surface area contributed by atoms with Gasteiger partial charge in [0.1, 0.15) is 0 Å². The molecule has 0 N–H and O–H groups in total. The third kappa shape index (κ3) is 1.72. The number of aromatic nitrogens is 2. The second-order valence-electron chi connectivity index (χ2n) is 3.32. The molecule has 0 spiro atoms. The Balaban J connectivity index is 2.18. The zero-order chi connectivity index (χ0) is 9.97. The van der Waals surface area contributed by atoms with Gasteiger partial charge >= 0.3 is 0 Å². The summed E-state index contributed by atoms with van der Waals surface area (Å²) in [6.45, 7) is 1.52. The standard InChI is InChI=1S/C9H13ClN2O2/c1-13-8-5-11-12(9(8)10)7-3-2-4-14-6-7/h5,7H,2-4,6H2,1H3. The van der Waals surface area contributed by atoms with Crippen molar-refractivity contribution in [2.24, 2.45) is 0 Å². The van der Waals surface area contributed by atoms with Crippen LogP contribution in [-0.4, -0.2) is 30.1 Å². The van der Waals surface area contributed by atoms with E-state index in [4.69, 9.17) is 21.1 Å². The fraction of sp³-hybridized carbons (Fsp3) is 0.667. The summed E-state index contributed by atoms with van der Waals surface area (Å²) in [5, 5.41) is 4.75. The summed E-state index contributed by atoms with van der Waals surface area (Å²) < 4.78 is 12.2. The van der Waals surface area contributed by atoms with E-state index in [2.05, 4.69) is 5.10 Å². The molecule has 0 radical (unpaired) electrons. The van der Waals surface area contributed by atoms with E-state index >= 15 is 0 Å². The normalized spacial score (nSPS) is 22.3. The lowest BCUT2D eigenvalue weighted by Crippen LogP contribution is -2.22.